The first-order valence-electron chi connectivity index (χ1n) is 8.40. The van der Waals surface area contributed by atoms with E-state index in [1.807, 2.05) is 73.1 Å². The lowest BCUT2D eigenvalue weighted by Crippen LogP contribution is -2.13. The Bertz CT molecular complexity index is 1120. The first-order chi connectivity index (χ1) is 13.1. The van der Waals surface area contributed by atoms with Crippen LogP contribution in [0.25, 0.3) is 10.9 Å². The molecule has 1 N–H and O–H groups in total. The van der Waals surface area contributed by atoms with Crippen LogP contribution in [-0.4, -0.2) is 25.7 Å². The molecule has 0 unspecified atom stereocenters. The number of rotatable bonds is 4. The fourth-order valence-corrected chi connectivity index (χ4v) is 3.53. The van der Waals surface area contributed by atoms with Crippen molar-refractivity contribution in [1.82, 2.24) is 19.7 Å². The van der Waals surface area contributed by atoms with Crippen molar-refractivity contribution in [2.45, 2.75) is 17.0 Å². The second-order valence-corrected chi connectivity index (χ2v) is 7.17. The topological polar surface area (TPSA) is 72.7 Å². The molecule has 1 amide bonds. The lowest BCUT2D eigenvalue weighted by molar-refractivity contribution is 0.102. The normalized spacial score (nSPS) is 10.9. The van der Waals surface area contributed by atoms with Crippen LogP contribution in [0.15, 0.2) is 71.0 Å². The maximum atomic E-state index is 12.8. The van der Waals surface area contributed by atoms with Gasteiger partial charge in [0.2, 0.25) is 0 Å². The molecule has 0 aliphatic carbocycles. The fraction of sp³-hybridized carbons (Fsp3) is 0.100. The number of aromatic nitrogens is 4. The van der Waals surface area contributed by atoms with Crippen molar-refractivity contribution < 1.29 is 4.79 Å². The van der Waals surface area contributed by atoms with Crippen LogP contribution in [0.5, 0.6) is 0 Å². The Hall–Kier alpha value is -3.19. The molecule has 7 heteroatoms. The number of para-hydroxylation sites is 1. The third kappa shape index (κ3) is 3.68. The van der Waals surface area contributed by atoms with Gasteiger partial charge in [-0.15, -0.1) is 10.2 Å². The Labute approximate surface area is 160 Å². The van der Waals surface area contributed by atoms with E-state index in [4.69, 9.17) is 0 Å². The summed E-state index contributed by atoms with van der Waals surface area (Å²) in [4.78, 5) is 18.3. The molecule has 4 rings (SSSR count). The first-order valence-corrected chi connectivity index (χ1v) is 9.21. The van der Waals surface area contributed by atoms with Crippen LogP contribution >= 0.6 is 11.8 Å². The van der Waals surface area contributed by atoms with Gasteiger partial charge in [-0.05, 0) is 55.1 Å². The van der Waals surface area contributed by atoms with E-state index in [1.165, 1.54) is 11.8 Å². The van der Waals surface area contributed by atoms with E-state index in [9.17, 15) is 4.79 Å². The van der Waals surface area contributed by atoms with Gasteiger partial charge in [0, 0.05) is 28.7 Å². The molecule has 0 saturated heterocycles. The Morgan fingerprint density at radius 1 is 1.11 bits per heavy atom. The van der Waals surface area contributed by atoms with Crippen molar-refractivity contribution >= 4 is 34.3 Å². The number of benzene rings is 2. The summed E-state index contributed by atoms with van der Waals surface area (Å²) < 4.78 is 1.86. The number of anilines is 1. The minimum Gasteiger partial charge on any atom is -0.322 e. The van der Waals surface area contributed by atoms with Gasteiger partial charge in [-0.2, -0.15) is 0 Å². The second-order valence-electron chi connectivity index (χ2n) is 6.13. The molecule has 6 nitrogen and oxygen atoms in total. The smallest absolute Gasteiger partial charge is 0.256 e. The summed E-state index contributed by atoms with van der Waals surface area (Å²) in [5, 5.41) is 12.5. The third-order valence-corrected chi connectivity index (χ3v) is 5.14. The average molecular weight is 375 g/mol. The summed E-state index contributed by atoms with van der Waals surface area (Å²) in [6.45, 7) is 1.89. The maximum absolute atomic E-state index is 12.8. The first kappa shape index (κ1) is 17.2. The molecule has 0 aliphatic heterocycles. The monoisotopic (exact) mass is 375 g/mol. The minimum absolute atomic E-state index is 0.148. The summed E-state index contributed by atoms with van der Waals surface area (Å²) in [5.41, 5.74) is 2.99. The van der Waals surface area contributed by atoms with Gasteiger partial charge in [0.25, 0.3) is 5.91 Å². The molecule has 27 heavy (non-hydrogen) atoms. The van der Waals surface area contributed by atoms with Gasteiger partial charge in [0.15, 0.2) is 5.16 Å². The highest BCUT2D eigenvalue weighted by Crippen LogP contribution is 2.27. The zero-order valence-corrected chi connectivity index (χ0v) is 15.7. The zero-order valence-electron chi connectivity index (χ0n) is 14.9. The summed E-state index contributed by atoms with van der Waals surface area (Å²) in [6.07, 6.45) is 1.66. The van der Waals surface area contributed by atoms with Gasteiger partial charge in [-0.3, -0.25) is 9.78 Å². The quantitative estimate of drug-likeness (QED) is 0.582. The lowest BCUT2D eigenvalue weighted by atomic mass is 10.1. The van der Waals surface area contributed by atoms with Gasteiger partial charge in [0.05, 0.1) is 11.1 Å². The van der Waals surface area contributed by atoms with E-state index in [2.05, 4.69) is 20.5 Å². The van der Waals surface area contributed by atoms with Crippen LogP contribution in [-0.2, 0) is 7.05 Å². The maximum Gasteiger partial charge on any atom is 0.256 e. The molecule has 0 spiro atoms. The molecule has 0 aliphatic rings. The van der Waals surface area contributed by atoms with E-state index < -0.39 is 0 Å². The van der Waals surface area contributed by atoms with Crippen molar-refractivity contribution in [3.63, 3.8) is 0 Å². The van der Waals surface area contributed by atoms with Gasteiger partial charge in [-0.1, -0.05) is 18.2 Å². The van der Waals surface area contributed by atoms with Crippen LogP contribution < -0.4 is 5.32 Å². The van der Waals surface area contributed by atoms with E-state index in [0.717, 1.165) is 32.3 Å². The molecule has 0 saturated carbocycles. The molecule has 2 aromatic carbocycles. The number of hydrogen-bond donors (Lipinski definition) is 1. The van der Waals surface area contributed by atoms with Gasteiger partial charge in [-0.25, -0.2) is 0 Å². The van der Waals surface area contributed by atoms with Crippen LogP contribution in [0.3, 0.4) is 0 Å². The number of pyridine rings is 1. The van der Waals surface area contributed by atoms with Crippen LogP contribution in [0, 0.1) is 6.92 Å². The Morgan fingerprint density at radius 3 is 2.63 bits per heavy atom. The molecule has 0 fully saturated rings. The molecule has 4 aromatic rings. The second kappa shape index (κ2) is 7.20. The van der Waals surface area contributed by atoms with Crippen molar-refractivity contribution in [2.24, 2.45) is 7.05 Å². The van der Waals surface area contributed by atoms with Gasteiger partial charge < -0.3 is 9.88 Å². The molecule has 0 radical (unpaired) electrons. The lowest BCUT2D eigenvalue weighted by Gasteiger charge is -2.09. The fourth-order valence-electron chi connectivity index (χ4n) is 2.77. The van der Waals surface area contributed by atoms with Gasteiger partial charge in [0.1, 0.15) is 6.33 Å². The molecular formula is C20H17N5OS. The van der Waals surface area contributed by atoms with Crippen LogP contribution in [0.4, 0.5) is 5.69 Å². The number of carbonyl (C=O) groups excluding carboxylic acids is 1. The Kier molecular flexibility index (Phi) is 4.60. The minimum atomic E-state index is -0.148. The highest BCUT2D eigenvalue weighted by molar-refractivity contribution is 7.99. The summed E-state index contributed by atoms with van der Waals surface area (Å²) in [7, 11) is 1.90. The van der Waals surface area contributed by atoms with Crippen molar-refractivity contribution in [3.8, 4) is 0 Å². The molecule has 2 heterocycles. The van der Waals surface area contributed by atoms with E-state index in [0.29, 0.717) is 5.56 Å². The third-order valence-electron chi connectivity index (χ3n) is 4.08. The highest BCUT2D eigenvalue weighted by atomic mass is 32.2. The highest BCUT2D eigenvalue weighted by Gasteiger charge is 2.12. The van der Waals surface area contributed by atoms with Crippen molar-refractivity contribution in [1.29, 1.82) is 0 Å². The van der Waals surface area contributed by atoms with E-state index in [-0.39, 0.29) is 5.91 Å². The molecule has 0 bridgehead atoms. The standard InChI is InChI=1S/C20H17N5OS/c1-13-11-17(16-5-3-4-6-18(16)22-13)19(26)23-14-7-9-15(10-8-14)27-20-24-21-12-25(20)2/h3-12H,1-2H3,(H,23,26). The van der Waals surface area contributed by atoms with Gasteiger partial charge >= 0.3 is 0 Å². The molecule has 0 atom stereocenters. The number of nitrogens with one attached hydrogen (secondary N) is 1. The number of carbonyl (C=O) groups is 1. The largest absolute Gasteiger partial charge is 0.322 e. The number of nitrogens with zero attached hydrogens (tertiary/aromatic N) is 4. The Balaban J connectivity index is 1.54. The zero-order chi connectivity index (χ0) is 18.8. The number of amides is 1. The average Bonchev–Trinajstić information content (AvgIpc) is 3.07. The van der Waals surface area contributed by atoms with Crippen LogP contribution in [0.2, 0.25) is 0 Å². The van der Waals surface area contributed by atoms with Crippen molar-refractivity contribution in [3.05, 3.63) is 72.2 Å². The summed E-state index contributed by atoms with van der Waals surface area (Å²) in [5.74, 6) is -0.148. The number of fused-ring (bicyclic) bond motifs is 1. The molecular weight excluding hydrogens is 358 g/mol. The van der Waals surface area contributed by atoms with Crippen molar-refractivity contribution in [2.75, 3.05) is 5.32 Å². The molecule has 2 aromatic heterocycles. The summed E-state index contributed by atoms with van der Waals surface area (Å²) in [6, 6.07) is 17.1. The molecule has 134 valence electrons. The van der Waals surface area contributed by atoms with E-state index >= 15 is 0 Å². The SMILES string of the molecule is Cc1cc(C(=O)Nc2ccc(Sc3nncn3C)cc2)c2ccccc2n1. The summed E-state index contributed by atoms with van der Waals surface area (Å²) >= 11 is 1.52. The van der Waals surface area contributed by atoms with Crippen LogP contribution in [0.1, 0.15) is 16.1 Å². The van der Waals surface area contributed by atoms with E-state index in [1.54, 1.807) is 6.33 Å². The number of aryl methyl sites for hydroxylation is 2. The predicted molar refractivity (Wildman–Crippen MR) is 106 cm³/mol. The Morgan fingerprint density at radius 2 is 1.89 bits per heavy atom. The predicted octanol–water partition coefficient (Wildman–Crippen LogP) is 4.08. The number of hydrogen-bond acceptors (Lipinski definition) is 5.